The van der Waals surface area contributed by atoms with Gasteiger partial charge in [-0.3, -0.25) is 4.99 Å². The summed E-state index contributed by atoms with van der Waals surface area (Å²) < 4.78 is 0. The van der Waals surface area contributed by atoms with E-state index in [0.717, 1.165) is 32.0 Å². The minimum absolute atomic E-state index is 0.770. The summed E-state index contributed by atoms with van der Waals surface area (Å²) in [5, 5.41) is 6.74. The van der Waals surface area contributed by atoms with Crippen LogP contribution in [0.15, 0.2) is 59.6 Å². The predicted octanol–water partition coefficient (Wildman–Crippen LogP) is 2.66. The van der Waals surface area contributed by atoms with Crippen molar-refractivity contribution in [3.05, 3.63) is 71.3 Å². The molecule has 0 aliphatic rings. The van der Waals surface area contributed by atoms with Crippen molar-refractivity contribution in [3.63, 3.8) is 0 Å². The minimum Gasteiger partial charge on any atom is -0.356 e. The van der Waals surface area contributed by atoms with Gasteiger partial charge >= 0.3 is 0 Å². The van der Waals surface area contributed by atoms with Crippen LogP contribution >= 0.6 is 0 Å². The van der Waals surface area contributed by atoms with Gasteiger partial charge in [-0.05, 0) is 37.2 Å². The molecule has 0 amide bonds. The molecule has 0 aromatic heterocycles. The molecular formula is C20H28N4. The van der Waals surface area contributed by atoms with E-state index in [1.807, 2.05) is 6.07 Å². The molecule has 24 heavy (non-hydrogen) atoms. The number of nitrogens with zero attached hydrogens (tertiary/aromatic N) is 2. The van der Waals surface area contributed by atoms with Crippen LogP contribution in [-0.2, 0) is 19.5 Å². The zero-order valence-electron chi connectivity index (χ0n) is 14.9. The summed E-state index contributed by atoms with van der Waals surface area (Å²) in [6.07, 6.45) is 0.986. The zero-order chi connectivity index (χ0) is 17.2. The Labute approximate surface area is 145 Å². The second-order valence-electron chi connectivity index (χ2n) is 6.15. The molecule has 4 nitrogen and oxygen atoms in total. The largest absolute Gasteiger partial charge is 0.356 e. The minimum atomic E-state index is 0.770. The molecule has 0 aliphatic carbocycles. The number of rotatable bonds is 7. The monoisotopic (exact) mass is 324 g/mol. The van der Waals surface area contributed by atoms with Crippen LogP contribution in [0.4, 0.5) is 0 Å². The highest BCUT2D eigenvalue weighted by molar-refractivity contribution is 5.79. The van der Waals surface area contributed by atoms with E-state index in [9.17, 15) is 0 Å². The lowest BCUT2D eigenvalue weighted by molar-refractivity contribution is 0.402. The van der Waals surface area contributed by atoms with Gasteiger partial charge in [0.25, 0.3) is 0 Å². The molecule has 2 aromatic rings. The molecule has 0 heterocycles. The number of nitrogens with one attached hydrogen (secondary N) is 2. The topological polar surface area (TPSA) is 39.7 Å². The average Bonchev–Trinajstić information content (AvgIpc) is 2.58. The Hall–Kier alpha value is -2.33. The number of guanidine groups is 1. The number of hydrogen-bond donors (Lipinski definition) is 2. The summed E-state index contributed by atoms with van der Waals surface area (Å²) in [5.74, 6) is 0.837. The van der Waals surface area contributed by atoms with Gasteiger partial charge < -0.3 is 15.5 Å². The van der Waals surface area contributed by atoms with E-state index in [1.165, 1.54) is 16.7 Å². The van der Waals surface area contributed by atoms with Gasteiger partial charge in [0.2, 0.25) is 0 Å². The van der Waals surface area contributed by atoms with Crippen molar-refractivity contribution < 1.29 is 0 Å². The molecule has 0 fully saturated rings. The Morgan fingerprint density at radius 3 is 2.33 bits per heavy atom. The first kappa shape index (κ1) is 18.0. The third kappa shape index (κ3) is 6.42. The molecule has 2 rings (SSSR count). The fraction of sp³-hybridized carbons (Fsp3) is 0.350. The predicted molar refractivity (Wildman–Crippen MR) is 102 cm³/mol. The van der Waals surface area contributed by atoms with Crippen LogP contribution in [0.25, 0.3) is 0 Å². The van der Waals surface area contributed by atoms with Gasteiger partial charge in [-0.15, -0.1) is 0 Å². The number of aliphatic imine (C=N–C) groups is 1. The van der Waals surface area contributed by atoms with Crippen molar-refractivity contribution in [2.45, 2.75) is 19.5 Å². The fourth-order valence-corrected chi connectivity index (χ4v) is 2.58. The Bertz CT molecular complexity index is 635. The highest BCUT2D eigenvalue weighted by atomic mass is 15.2. The lowest BCUT2D eigenvalue weighted by Crippen LogP contribution is -2.37. The van der Waals surface area contributed by atoms with E-state index in [2.05, 4.69) is 83.2 Å². The summed E-state index contributed by atoms with van der Waals surface area (Å²) in [6, 6.07) is 19.1. The third-order valence-corrected chi connectivity index (χ3v) is 3.72. The van der Waals surface area contributed by atoms with Crippen molar-refractivity contribution in [1.29, 1.82) is 0 Å². The van der Waals surface area contributed by atoms with Crippen molar-refractivity contribution in [2.75, 3.05) is 27.7 Å². The lowest BCUT2D eigenvalue weighted by atomic mass is 10.1. The summed E-state index contributed by atoms with van der Waals surface area (Å²) in [5.41, 5.74) is 3.92. The molecule has 0 unspecified atom stereocenters. The molecule has 128 valence electrons. The maximum atomic E-state index is 4.29. The van der Waals surface area contributed by atoms with Crippen molar-refractivity contribution in [1.82, 2.24) is 15.5 Å². The van der Waals surface area contributed by atoms with Crippen LogP contribution < -0.4 is 10.6 Å². The fourth-order valence-electron chi connectivity index (χ4n) is 2.58. The molecule has 0 aliphatic heterocycles. The van der Waals surface area contributed by atoms with Gasteiger partial charge in [-0.2, -0.15) is 0 Å². The third-order valence-electron chi connectivity index (χ3n) is 3.72. The first-order valence-electron chi connectivity index (χ1n) is 8.38. The zero-order valence-corrected chi connectivity index (χ0v) is 14.9. The second-order valence-corrected chi connectivity index (χ2v) is 6.15. The molecule has 0 saturated carbocycles. The van der Waals surface area contributed by atoms with Crippen molar-refractivity contribution in [2.24, 2.45) is 4.99 Å². The van der Waals surface area contributed by atoms with Gasteiger partial charge in [0.1, 0.15) is 0 Å². The van der Waals surface area contributed by atoms with Gasteiger partial charge in [0.15, 0.2) is 5.96 Å². The van der Waals surface area contributed by atoms with Crippen LogP contribution in [0, 0.1) is 0 Å². The summed E-state index contributed by atoms with van der Waals surface area (Å²) in [4.78, 5) is 6.47. The maximum absolute atomic E-state index is 4.29. The van der Waals surface area contributed by atoms with Gasteiger partial charge in [-0.1, -0.05) is 54.6 Å². The SMILES string of the molecule is CN=C(NCCc1ccccc1)NCc1cccc(CN(C)C)c1. The van der Waals surface area contributed by atoms with E-state index in [4.69, 9.17) is 0 Å². The molecule has 2 aromatic carbocycles. The van der Waals surface area contributed by atoms with E-state index >= 15 is 0 Å². The molecule has 4 heteroatoms. The van der Waals surface area contributed by atoms with Crippen LogP contribution in [0.2, 0.25) is 0 Å². The first-order valence-corrected chi connectivity index (χ1v) is 8.38. The van der Waals surface area contributed by atoms with E-state index < -0.39 is 0 Å². The molecule has 0 radical (unpaired) electrons. The summed E-state index contributed by atoms with van der Waals surface area (Å²) >= 11 is 0. The van der Waals surface area contributed by atoms with Gasteiger partial charge in [0, 0.05) is 26.7 Å². The smallest absolute Gasteiger partial charge is 0.191 e. The van der Waals surface area contributed by atoms with Gasteiger partial charge in [-0.25, -0.2) is 0 Å². The summed E-state index contributed by atoms with van der Waals surface area (Å²) in [7, 11) is 5.98. The van der Waals surface area contributed by atoms with E-state index in [-0.39, 0.29) is 0 Å². The van der Waals surface area contributed by atoms with E-state index in [1.54, 1.807) is 7.05 Å². The highest BCUT2D eigenvalue weighted by Gasteiger charge is 2.01. The van der Waals surface area contributed by atoms with Crippen LogP contribution in [0.5, 0.6) is 0 Å². The van der Waals surface area contributed by atoms with Gasteiger partial charge in [0.05, 0.1) is 0 Å². The second kappa shape index (κ2) is 9.73. The van der Waals surface area contributed by atoms with Crippen LogP contribution in [0.1, 0.15) is 16.7 Å². The number of benzene rings is 2. The molecule has 0 spiro atoms. The Kier molecular flexibility index (Phi) is 7.30. The highest BCUT2D eigenvalue weighted by Crippen LogP contribution is 2.07. The maximum Gasteiger partial charge on any atom is 0.191 e. The standard InChI is InChI=1S/C20H28N4/c1-21-20(22-13-12-17-8-5-4-6-9-17)23-15-18-10-7-11-19(14-18)16-24(2)3/h4-11,14H,12-13,15-16H2,1-3H3,(H2,21,22,23). The molecular weight excluding hydrogens is 296 g/mol. The van der Waals surface area contributed by atoms with Crippen molar-refractivity contribution >= 4 is 5.96 Å². The lowest BCUT2D eigenvalue weighted by Gasteiger charge is -2.14. The normalized spacial score (nSPS) is 11.6. The number of hydrogen-bond acceptors (Lipinski definition) is 2. The quantitative estimate of drug-likeness (QED) is 0.607. The summed E-state index contributed by atoms with van der Waals surface area (Å²) in [6.45, 7) is 2.59. The molecule has 0 bridgehead atoms. The Balaban J connectivity index is 1.79. The van der Waals surface area contributed by atoms with Crippen LogP contribution in [0.3, 0.4) is 0 Å². The van der Waals surface area contributed by atoms with Crippen LogP contribution in [-0.4, -0.2) is 38.5 Å². The first-order chi connectivity index (χ1) is 11.7. The molecule has 2 N–H and O–H groups in total. The average molecular weight is 324 g/mol. The Morgan fingerprint density at radius 1 is 0.917 bits per heavy atom. The van der Waals surface area contributed by atoms with E-state index in [0.29, 0.717) is 0 Å². The Morgan fingerprint density at radius 2 is 1.62 bits per heavy atom. The molecule has 0 atom stereocenters. The molecule has 0 saturated heterocycles. The van der Waals surface area contributed by atoms with Crippen molar-refractivity contribution in [3.8, 4) is 0 Å².